The molecule has 0 fully saturated rings. The van der Waals surface area contributed by atoms with E-state index in [0.29, 0.717) is 6.42 Å². The zero-order chi connectivity index (χ0) is 20.9. The van der Waals surface area contributed by atoms with E-state index < -0.39 is 34.8 Å². The van der Waals surface area contributed by atoms with E-state index in [2.05, 4.69) is 31.5 Å². The number of alkyl halides is 3. The molecule has 0 bridgehead atoms. The van der Waals surface area contributed by atoms with Crippen molar-refractivity contribution in [3.05, 3.63) is 22.7 Å². The molecular weight excluding hydrogens is 409 g/mol. The molecule has 0 radical (unpaired) electrons. The first kappa shape index (κ1) is 21.4. The standard InChI is InChI=1S/C14H16ClF3N6O4/c1-3-6-27-13(26)19-10-8(28-14(16,17)18)5-4-7(9(10)15)11(25)20-12-21-22-23-24(12)2/h4-5,22-23H,3,6H2,1-2H3,(H,19,26)(H,20,21,25). The number of guanidine groups is 1. The van der Waals surface area contributed by atoms with Crippen LogP contribution in [0.4, 0.5) is 23.7 Å². The van der Waals surface area contributed by atoms with Crippen molar-refractivity contribution in [2.24, 2.45) is 5.10 Å². The van der Waals surface area contributed by atoms with Gasteiger partial charge >= 0.3 is 12.5 Å². The topological polar surface area (TPSA) is 116 Å². The molecule has 0 unspecified atom stereocenters. The number of ether oxygens (including phenoxy) is 2. The molecule has 0 aromatic heterocycles. The number of anilines is 1. The van der Waals surface area contributed by atoms with Gasteiger partial charge in [0.25, 0.3) is 5.91 Å². The maximum Gasteiger partial charge on any atom is 0.573 e. The molecule has 0 saturated carbocycles. The Balaban J connectivity index is 2.33. The van der Waals surface area contributed by atoms with Crippen molar-refractivity contribution in [1.29, 1.82) is 0 Å². The van der Waals surface area contributed by atoms with E-state index in [1.807, 2.05) is 0 Å². The minimum absolute atomic E-state index is 0.0330. The average molecular weight is 425 g/mol. The van der Waals surface area contributed by atoms with Gasteiger partial charge in [-0.15, -0.1) is 23.8 Å². The Kier molecular flexibility index (Phi) is 6.75. The summed E-state index contributed by atoms with van der Waals surface area (Å²) in [7, 11) is 1.54. The molecule has 1 heterocycles. The van der Waals surface area contributed by atoms with Gasteiger partial charge in [0, 0.05) is 7.05 Å². The molecule has 0 aliphatic carbocycles. The Morgan fingerprint density at radius 2 is 2.04 bits per heavy atom. The van der Waals surface area contributed by atoms with Crippen LogP contribution in [0, 0.1) is 0 Å². The highest BCUT2D eigenvalue weighted by molar-refractivity contribution is 6.37. The number of halogens is 4. The van der Waals surface area contributed by atoms with Crippen LogP contribution in [0.15, 0.2) is 17.2 Å². The van der Waals surface area contributed by atoms with Gasteiger partial charge in [-0.2, -0.15) is 0 Å². The summed E-state index contributed by atoms with van der Waals surface area (Å²) in [6.45, 7) is 1.77. The minimum atomic E-state index is -5.05. The molecule has 1 aliphatic rings. The van der Waals surface area contributed by atoms with Crippen LogP contribution >= 0.6 is 11.6 Å². The quantitative estimate of drug-likeness (QED) is 0.572. The van der Waals surface area contributed by atoms with Crippen molar-refractivity contribution in [3.63, 3.8) is 0 Å². The van der Waals surface area contributed by atoms with Gasteiger partial charge in [-0.05, 0) is 18.6 Å². The number of nitrogens with zero attached hydrogens (tertiary/aromatic N) is 2. The number of rotatable bonds is 5. The number of amides is 2. The Labute approximate surface area is 161 Å². The van der Waals surface area contributed by atoms with Crippen molar-refractivity contribution in [3.8, 4) is 5.75 Å². The third kappa shape index (κ3) is 5.53. The molecule has 2 amide bonds. The summed E-state index contributed by atoms with van der Waals surface area (Å²) in [5.74, 6) is -1.51. The molecule has 0 spiro atoms. The third-order valence-electron chi connectivity index (χ3n) is 3.16. The highest BCUT2D eigenvalue weighted by Gasteiger charge is 2.34. The van der Waals surface area contributed by atoms with Crippen LogP contribution in [-0.4, -0.2) is 43.0 Å². The van der Waals surface area contributed by atoms with Gasteiger partial charge < -0.3 is 9.47 Å². The predicted octanol–water partition coefficient (Wildman–Crippen LogP) is 2.15. The summed E-state index contributed by atoms with van der Waals surface area (Å²) < 4.78 is 46.6. The number of carbonyl (C=O) groups excluding carboxylic acids is 2. The molecule has 0 saturated heterocycles. The van der Waals surface area contributed by atoms with E-state index in [0.717, 1.165) is 12.1 Å². The van der Waals surface area contributed by atoms with Crippen LogP contribution in [0.3, 0.4) is 0 Å². The van der Waals surface area contributed by atoms with Crippen LogP contribution in [0.2, 0.25) is 5.02 Å². The first-order chi connectivity index (χ1) is 13.1. The van der Waals surface area contributed by atoms with Gasteiger partial charge in [0.2, 0.25) is 5.96 Å². The van der Waals surface area contributed by atoms with E-state index in [1.165, 1.54) is 12.1 Å². The van der Waals surface area contributed by atoms with Crippen LogP contribution in [0.1, 0.15) is 23.7 Å². The lowest BCUT2D eigenvalue weighted by Crippen LogP contribution is -2.45. The number of hydrazone groups is 1. The number of hydrogen-bond acceptors (Lipinski definition) is 8. The van der Waals surface area contributed by atoms with Gasteiger partial charge in [-0.3, -0.25) is 20.4 Å². The van der Waals surface area contributed by atoms with Crippen LogP contribution in [0.5, 0.6) is 5.75 Å². The van der Waals surface area contributed by atoms with E-state index in [4.69, 9.17) is 16.3 Å². The number of benzene rings is 1. The van der Waals surface area contributed by atoms with Crippen molar-refractivity contribution < 1.29 is 32.2 Å². The second-order valence-corrected chi connectivity index (χ2v) is 5.66. The van der Waals surface area contributed by atoms with Crippen molar-refractivity contribution >= 4 is 35.2 Å². The normalized spacial score (nSPS) is 13.5. The monoisotopic (exact) mass is 424 g/mol. The molecule has 2 rings (SSSR count). The molecule has 0 atom stereocenters. The number of hydrazine groups is 2. The van der Waals surface area contributed by atoms with Gasteiger partial charge in [0.1, 0.15) is 5.69 Å². The van der Waals surface area contributed by atoms with E-state index in [9.17, 15) is 22.8 Å². The lowest BCUT2D eigenvalue weighted by Gasteiger charge is -2.18. The Hall–Kier alpha value is -2.93. The molecule has 4 N–H and O–H groups in total. The van der Waals surface area contributed by atoms with Crippen LogP contribution in [0.25, 0.3) is 0 Å². The zero-order valence-electron chi connectivity index (χ0n) is 14.6. The van der Waals surface area contributed by atoms with E-state index >= 15 is 0 Å². The molecule has 1 aromatic carbocycles. The average Bonchev–Trinajstić information content (AvgIpc) is 2.99. The lowest BCUT2D eigenvalue weighted by atomic mass is 10.1. The van der Waals surface area contributed by atoms with Crippen molar-refractivity contribution in [2.45, 2.75) is 19.7 Å². The fourth-order valence-electron chi connectivity index (χ4n) is 1.95. The lowest BCUT2D eigenvalue weighted by molar-refractivity contribution is -0.274. The van der Waals surface area contributed by atoms with Crippen molar-refractivity contribution in [2.75, 3.05) is 19.0 Å². The van der Waals surface area contributed by atoms with E-state index in [-0.39, 0.29) is 18.1 Å². The third-order valence-corrected chi connectivity index (χ3v) is 3.55. The van der Waals surface area contributed by atoms with Gasteiger partial charge in [-0.1, -0.05) is 18.5 Å². The predicted molar refractivity (Wildman–Crippen MR) is 92.3 cm³/mol. The highest BCUT2D eigenvalue weighted by Crippen LogP contribution is 2.38. The molecule has 1 aliphatic heterocycles. The minimum Gasteiger partial charge on any atom is -0.449 e. The zero-order valence-corrected chi connectivity index (χ0v) is 15.4. The fraction of sp³-hybridized carbons (Fsp3) is 0.357. The molecule has 1 aromatic rings. The Bertz CT molecular complexity index is 789. The number of carbonyl (C=O) groups is 2. The number of nitrogens with one attached hydrogen (secondary N) is 4. The van der Waals surface area contributed by atoms with Gasteiger partial charge in [0.05, 0.1) is 17.2 Å². The highest BCUT2D eigenvalue weighted by atomic mass is 35.5. The molecule has 14 heteroatoms. The SMILES string of the molecule is CCCOC(=O)Nc1c(OC(F)(F)F)ccc(C(=O)NC2=NNNN2C)c1Cl. The summed E-state index contributed by atoms with van der Waals surface area (Å²) in [5.41, 5.74) is 4.13. The Morgan fingerprint density at radius 1 is 1.32 bits per heavy atom. The maximum absolute atomic E-state index is 12.6. The largest absolute Gasteiger partial charge is 0.573 e. The van der Waals surface area contributed by atoms with Gasteiger partial charge in [-0.25, -0.2) is 10.3 Å². The summed E-state index contributed by atoms with van der Waals surface area (Å²) in [6, 6.07) is 1.86. The first-order valence-corrected chi connectivity index (χ1v) is 8.15. The number of hydrogen-bond donors (Lipinski definition) is 4. The second kappa shape index (κ2) is 8.84. The summed E-state index contributed by atoms with van der Waals surface area (Å²) in [4.78, 5) is 24.2. The maximum atomic E-state index is 12.6. The summed E-state index contributed by atoms with van der Waals surface area (Å²) >= 11 is 6.07. The molecule has 28 heavy (non-hydrogen) atoms. The van der Waals surface area contributed by atoms with E-state index in [1.54, 1.807) is 6.92 Å². The first-order valence-electron chi connectivity index (χ1n) is 7.77. The molecule has 154 valence electrons. The Morgan fingerprint density at radius 3 is 2.61 bits per heavy atom. The van der Waals surface area contributed by atoms with Gasteiger partial charge in [0.15, 0.2) is 5.75 Å². The molecule has 10 nitrogen and oxygen atoms in total. The van der Waals surface area contributed by atoms with Crippen molar-refractivity contribution in [1.82, 2.24) is 21.4 Å². The second-order valence-electron chi connectivity index (χ2n) is 5.28. The summed E-state index contributed by atoms with van der Waals surface area (Å²) in [6.07, 6.45) is -5.61. The molecular formula is C14H16ClF3N6O4. The fourth-order valence-corrected chi connectivity index (χ4v) is 2.24. The van der Waals surface area contributed by atoms with Crippen LogP contribution in [-0.2, 0) is 4.74 Å². The smallest absolute Gasteiger partial charge is 0.449 e. The van der Waals surface area contributed by atoms with Crippen LogP contribution < -0.4 is 26.4 Å². The summed E-state index contributed by atoms with van der Waals surface area (Å²) in [5, 5.41) is 9.04.